The van der Waals surface area contributed by atoms with E-state index in [0.29, 0.717) is 23.3 Å². The van der Waals surface area contributed by atoms with Crippen molar-refractivity contribution in [3.05, 3.63) is 52.5 Å². The van der Waals surface area contributed by atoms with E-state index in [0.717, 1.165) is 41.7 Å². The Morgan fingerprint density at radius 2 is 1.90 bits per heavy atom. The number of hydrogen-bond donors (Lipinski definition) is 3. The highest BCUT2D eigenvalue weighted by Gasteiger charge is 2.56. The first-order chi connectivity index (χ1) is 19.0. The fourth-order valence-electron chi connectivity index (χ4n) is 5.94. The maximum absolute atomic E-state index is 10.6. The number of alkyl halides is 3. The molecule has 2 aromatic rings. The fraction of sp³-hybridized carbons (Fsp3) is 0.500. The van der Waals surface area contributed by atoms with Crippen molar-refractivity contribution < 1.29 is 37.3 Å². The summed E-state index contributed by atoms with van der Waals surface area (Å²) in [5, 5.41) is 20.6. The van der Waals surface area contributed by atoms with Crippen LogP contribution in [0.3, 0.4) is 0 Å². The molecule has 2 aliphatic carbocycles. The minimum atomic E-state index is -5.08. The number of hydrogen-bond acceptors (Lipinski definition) is 7. The molecule has 8 nitrogen and oxygen atoms in total. The Morgan fingerprint density at radius 3 is 2.50 bits per heavy atom. The lowest BCUT2D eigenvalue weighted by Crippen LogP contribution is -2.59. The van der Waals surface area contributed by atoms with Gasteiger partial charge in [-0.1, -0.05) is 17.7 Å². The van der Waals surface area contributed by atoms with E-state index in [9.17, 15) is 18.4 Å². The van der Waals surface area contributed by atoms with Crippen LogP contribution >= 0.6 is 11.6 Å². The molecule has 2 aromatic carbocycles. The van der Waals surface area contributed by atoms with E-state index in [-0.39, 0.29) is 18.1 Å². The largest absolute Gasteiger partial charge is 0.490 e. The van der Waals surface area contributed by atoms with Gasteiger partial charge in [-0.2, -0.15) is 18.4 Å². The second-order valence-corrected chi connectivity index (χ2v) is 11.0. The molecule has 5 atom stereocenters. The molecule has 214 valence electrons. The Labute approximate surface area is 234 Å². The molecule has 0 aromatic heterocycles. The molecule has 2 aliphatic heterocycles. The Balaban J connectivity index is 0.000000411. The third kappa shape index (κ3) is 5.78. The van der Waals surface area contributed by atoms with Crippen molar-refractivity contribution in [1.82, 2.24) is 5.32 Å². The van der Waals surface area contributed by atoms with Crippen LogP contribution in [-0.2, 0) is 19.8 Å². The van der Waals surface area contributed by atoms with Gasteiger partial charge in [0.25, 0.3) is 0 Å². The number of carboxylic acid groups (broad SMARTS) is 1. The molecule has 2 saturated carbocycles. The van der Waals surface area contributed by atoms with E-state index in [4.69, 9.17) is 41.4 Å². The number of fused-ring (bicyclic) bond motifs is 4. The molecule has 3 fully saturated rings. The highest BCUT2D eigenvalue weighted by atomic mass is 35.5. The van der Waals surface area contributed by atoms with Crippen LogP contribution in [0.5, 0.6) is 5.75 Å². The second kappa shape index (κ2) is 11.2. The summed E-state index contributed by atoms with van der Waals surface area (Å²) in [5.74, 6) is -1.69. The summed E-state index contributed by atoms with van der Waals surface area (Å²) in [5.41, 5.74) is 9.24. The van der Waals surface area contributed by atoms with Gasteiger partial charge >= 0.3 is 12.1 Å². The van der Waals surface area contributed by atoms with Gasteiger partial charge in [0.05, 0.1) is 36.0 Å². The van der Waals surface area contributed by atoms with Crippen LogP contribution in [-0.4, -0.2) is 48.5 Å². The van der Waals surface area contributed by atoms with Crippen molar-refractivity contribution in [1.29, 1.82) is 5.26 Å². The molecule has 1 spiro atoms. The lowest BCUT2D eigenvalue weighted by atomic mass is 9.67. The van der Waals surface area contributed by atoms with Crippen molar-refractivity contribution in [2.45, 2.75) is 74.9 Å². The number of halogens is 4. The Hall–Kier alpha value is -2.88. The summed E-state index contributed by atoms with van der Waals surface area (Å²) < 4.78 is 50.6. The second-order valence-electron chi connectivity index (χ2n) is 10.6. The van der Waals surface area contributed by atoms with Gasteiger partial charge in [-0.3, -0.25) is 11.1 Å². The molecule has 6 rings (SSSR count). The van der Waals surface area contributed by atoms with Gasteiger partial charge in [0.1, 0.15) is 11.9 Å². The summed E-state index contributed by atoms with van der Waals surface area (Å²) in [6, 6.07) is 13.8. The average Bonchev–Trinajstić information content (AvgIpc) is 3.28. The van der Waals surface area contributed by atoms with Crippen LogP contribution in [0.25, 0.3) is 11.1 Å². The molecule has 4 N–H and O–H groups in total. The van der Waals surface area contributed by atoms with Crippen molar-refractivity contribution in [3.8, 4) is 22.9 Å². The number of aliphatic carboxylic acids is 1. The highest BCUT2D eigenvalue weighted by molar-refractivity contribution is 6.31. The topological polar surface area (TPSA) is 127 Å². The molecule has 0 bridgehead atoms. The van der Waals surface area contributed by atoms with E-state index in [2.05, 4.69) is 17.5 Å². The molecular weight excluding hydrogens is 551 g/mol. The number of nitrogens with zero attached hydrogens (tertiary/aromatic N) is 1. The van der Waals surface area contributed by atoms with Crippen LogP contribution in [0.15, 0.2) is 36.4 Å². The van der Waals surface area contributed by atoms with Gasteiger partial charge in [-0.25, -0.2) is 4.79 Å². The molecule has 40 heavy (non-hydrogen) atoms. The van der Waals surface area contributed by atoms with Crippen molar-refractivity contribution in [2.24, 2.45) is 11.7 Å². The van der Waals surface area contributed by atoms with Gasteiger partial charge < -0.3 is 19.3 Å². The van der Waals surface area contributed by atoms with Gasteiger partial charge in [0.15, 0.2) is 6.35 Å². The number of ether oxygens (including phenoxy) is 3. The van der Waals surface area contributed by atoms with Gasteiger partial charge in [0.2, 0.25) is 0 Å². The van der Waals surface area contributed by atoms with Crippen molar-refractivity contribution in [3.63, 3.8) is 0 Å². The molecule has 0 radical (unpaired) electrons. The van der Waals surface area contributed by atoms with Gasteiger partial charge in [-0.15, -0.1) is 0 Å². The lowest BCUT2D eigenvalue weighted by Gasteiger charge is -2.50. The van der Waals surface area contributed by atoms with Gasteiger partial charge in [-0.05, 0) is 80.0 Å². The van der Waals surface area contributed by atoms with Crippen LogP contribution in [0.4, 0.5) is 13.2 Å². The third-order valence-electron chi connectivity index (χ3n) is 8.04. The van der Waals surface area contributed by atoms with E-state index in [1.165, 1.54) is 19.3 Å². The van der Waals surface area contributed by atoms with Crippen LogP contribution in [0, 0.1) is 17.2 Å². The molecule has 4 aliphatic rings. The number of nitrogens with two attached hydrogens (primary N) is 1. The first-order valence-corrected chi connectivity index (χ1v) is 13.5. The maximum Gasteiger partial charge on any atom is 0.490 e. The molecular formula is C28H29ClF3N3O5. The number of nitrogens with one attached hydrogen (secondary N) is 1. The van der Waals surface area contributed by atoms with Crippen molar-refractivity contribution >= 4 is 17.6 Å². The zero-order valence-corrected chi connectivity index (χ0v) is 22.2. The Kier molecular flexibility index (Phi) is 8.01. The first kappa shape index (κ1) is 28.6. The van der Waals surface area contributed by atoms with E-state index >= 15 is 0 Å². The summed E-state index contributed by atoms with van der Waals surface area (Å²) >= 11 is 6.29. The molecule has 1 unspecified atom stereocenters. The number of benzene rings is 2. The summed E-state index contributed by atoms with van der Waals surface area (Å²) in [6.07, 6.45) is 1.67. The average molecular weight is 580 g/mol. The summed E-state index contributed by atoms with van der Waals surface area (Å²) in [4.78, 5) is 8.90. The zero-order valence-electron chi connectivity index (χ0n) is 21.4. The fourth-order valence-corrected chi connectivity index (χ4v) is 6.17. The quantitative estimate of drug-likeness (QED) is 0.460. The highest BCUT2D eigenvalue weighted by Crippen LogP contribution is 2.51. The number of carboxylic acids is 1. The third-order valence-corrected chi connectivity index (χ3v) is 8.26. The maximum atomic E-state index is 10.6. The van der Waals surface area contributed by atoms with E-state index in [1.807, 2.05) is 24.3 Å². The monoisotopic (exact) mass is 579 g/mol. The van der Waals surface area contributed by atoms with E-state index < -0.39 is 24.0 Å². The predicted octanol–water partition coefficient (Wildman–Crippen LogP) is 5.07. The standard InChI is InChI=1S/C26H28ClN3O3.C2HF3O2/c27-18-9-15(13-28)8-17(10-18)16-4-6-23-21(11-16)26(14-31-25(29)30-26)22-12-20(5-7-24(22)33-23)32-19-2-1-3-19;3-2(4,5)1(6)7/h4,6,8-11,19-20,22,24-25,30H,1-3,5,7,12,14,29H2;(H,6,7)/t20-,22-,24-,25?,26-;/m0./s1. The molecule has 1 saturated heterocycles. The van der Waals surface area contributed by atoms with Crippen LogP contribution < -0.4 is 15.8 Å². The Bertz CT molecular complexity index is 1320. The molecule has 12 heteroatoms. The Morgan fingerprint density at radius 1 is 1.15 bits per heavy atom. The number of nitriles is 1. The smallest absolute Gasteiger partial charge is 0.490 e. The first-order valence-electron chi connectivity index (χ1n) is 13.1. The molecule has 0 amide bonds. The van der Waals surface area contributed by atoms with Crippen LogP contribution in [0.1, 0.15) is 49.7 Å². The lowest BCUT2D eigenvalue weighted by molar-refractivity contribution is -0.192. The molecule has 2 heterocycles. The van der Waals surface area contributed by atoms with Crippen LogP contribution in [0.2, 0.25) is 5.02 Å². The number of carbonyl (C=O) groups is 1. The zero-order chi connectivity index (χ0) is 28.7. The summed E-state index contributed by atoms with van der Waals surface area (Å²) in [6.45, 7) is 0.490. The van der Waals surface area contributed by atoms with E-state index in [1.54, 1.807) is 6.07 Å². The minimum Gasteiger partial charge on any atom is -0.490 e. The van der Waals surface area contributed by atoms with Gasteiger partial charge in [0, 0.05) is 16.5 Å². The predicted molar refractivity (Wildman–Crippen MR) is 138 cm³/mol. The normalized spacial score (nSPS) is 29.2. The number of rotatable bonds is 3. The SMILES string of the molecule is N#Cc1cc(Cl)cc(-c2ccc3c(c2)[C@@]2(COC(N)N2)[C@H]2C[C@@H](OC4CCC4)CC[C@@H]2O3)c1.O=C(O)C(F)(F)F. The van der Waals surface area contributed by atoms with Crippen molar-refractivity contribution in [2.75, 3.05) is 6.61 Å². The minimum absolute atomic E-state index is 0.0994. The summed E-state index contributed by atoms with van der Waals surface area (Å²) in [7, 11) is 0.